The standard InChI is InChI=1S/C26H23FN2O4S/c1-4-13-33-20-8-6-7-17(14-20)15-21-24(30)29-23(18-9-11-19(27)12-10-18)22(25(31)32-5-2)16(3)28-26(29)34-21/h4,6-12,14-15,23H,1,5,13H2,2-3H3/b21-15-/t23-/m0/s1. The van der Waals surface area contributed by atoms with E-state index >= 15 is 0 Å². The Morgan fingerprint density at radius 1 is 1.26 bits per heavy atom. The number of aromatic nitrogens is 1. The van der Waals surface area contributed by atoms with Gasteiger partial charge in [0.25, 0.3) is 5.56 Å². The van der Waals surface area contributed by atoms with E-state index in [1.807, 2.05) is 24.3 Å². The SMILES string of the molecule is C=CCOc1cccc(/C=c2\sc3n(c2=O)[C@@H](c2ccc(F)cc2)C(C(=O)OCC)=C(C)N=3)c1. The fourth-order valence-electron chi connectivity index (χ4n) is 3.75. The zero-order valence-corrected chi connectivity index (χ0v) is 19.6. The van der Waals surface area contributed by atoms with E-state index in [0.717, 1.165) is 5.56 Å². The predicted octanol–water partition coefficient (Wildman–Crippen LogP) is 3.50. The molecule has 8 heteroatoms. The first-order chi connectivity index (χ1) is 16.4. The third kappa shape index (κ3) is 4.63. The fourth-order valence-corrected chi connectivity index (χ4v) is 4.80. The minimum absolute atomic E-state index is 0.181. The van der Waals surface area contributed by atoms with Crippen molar-refractivity contribution in [1.82, 2.24) is 4.57 Å². The first-order valence-electron chi connectivity index (χ1n) is 10.7. The van der Waals surface area contributed by atoms with Crippen LogP contribution in [-0.4, -0.2) is 23.8 Å². The van der Waals surface area contributed by atoms with E-state index in [0.29, 0.717) is 33.0 Å². The molecule has 0 amide bonds. The summed E-state index contributed by atoms with van der Waals surface area (Å²) < 4.78 is 26.4. The number of esters is 1. The van der Waals surface area contributed by atoms with E-state index in [9.17, 15) is 14.0 Å². The smallest absolute Gasteiger partial charge is 0.338 e. The molecule has 0 unspecified atom stereocenters. The summed E-state index contributed by atoms with van der Waals surface area (Å²) in [6.07, 6.45) is 3.42. The Kier molecular flexibility index (Phi) is 6.88. The molecule has 1 aliphatic heterocycles. The van der Waals surface area contributed by atoms with Gasteiger partial charge in [-0.1, -0.05) is 48.3 Å². The molecule has 0 radical (unpaired) electrons. The second kappa shape index (κ2) is 10.0. The van der Waals surface area contributed by atoms with Gasteiger partial charge in [0.2, 0.25) is 0 Å². The lowest BCUT2D eigenvalue weighted by Gasteiger charge is -2.24. The minimum Gasteiger partial charge on any atom is -0.490 e. The summed E-state index contributed by atoms with van der Waals surface area (Å²) in [5.41, 5.74) is 1.79. The number of carbonyl (C=O) groups excluding carboxylic acids is 1. The van der Waals surface area contributed by atoms with Crippen molar-refractivity contribution in [3.8, 4) is 5.75 Å². The van der Waals surface area contributed by atoms with Crippen molar-refractivity contribution in [2.75, 3.05) is 13.2 Å². The number of fused-ring (bicyclic) bond motifs is 1. The molecule has 0 bridgehead atoms. The van der Waals surface area contributed by atoms with Crippen LogP contribution in [0.25, 0.3) is 6.08 Å². The molecule has 34 heavy (non-hydrogen) atoms. The predicted molar refractivity (Wildman–Crippen MR) is 129 cm³/mol. The number of benzene rings is 2. The summed E-state index contributed by atoms with van der Waals surface area (Å²) in [5, 5.41) is 0. The molecule has 0 aliphatic carbocycles. The molecule has 1 aliphatic rings. The third-order valence-electron chi connectivity index (χ3n) is 5.23. The number of nitrogens with zero attached hydrogens (tertiary/aromatic N) is 2. The normalized spacial score (nSPS) is 15.5. The highest BCUT2D eigenvalue weighted by Gasteiger charge is 2.33. The van der Waals surface area contributed by atoms with Gasteiger partial charge in [-0.25, -0.2) is 14.2 Å². The van der Waals surface area contributed by atoms with Gasteiger partial charge in [-0.3, -0.25) is 9.36 Å². The average molecular weight is 479 g/mol. The number of hydrogen-bond acceptors (Lipinski definition) is 6. The van der Waals surface area contributed by atoms with Crippen molar-refractivity contribution in [3.63, 3.8) is 0 Å². The Morgan fingerprint density at radius 2 is 2.03 bits per heavy atom. The highest BCUT2D eigenvalue weighted by molar-refractivity contribution is 7.07. The lowest BCUT2D eigenvalue weighted by atomic mass is 9.96. The molecule has 3 aromatic rings. The van der Waals surface area contributed by atoms with E-state index in [-0.39, 0.29) is 17.7 Å². The van der Waals surface area contributed by atoms with Crippen molar-refractivity contribution in [2.24, 2.45) is 4.99 Å². The van der Waals surface area contributed by atoms with Crippen LogP contribution in [0.1, 0.15) is 31.0 Å². The Hall–Kier alpha value is -3.78. The van der Waals surface area contributed by atoms with E-state index in [1.54, 1.807) is 38.1 Å². The topological polar surface area (TPSA) is 69.9 Å². The van der Waals surface area contributed by atoms with Crippen molar-refractivity contribution >= 4 is 23.4 Å². The highest BCUT2D eigenvalue weighted by Crippen LogP contribution is 2.30. The fraction of sp³-hybridized carbons (Fsp3) is 0.192. The minimum atomic E-state index is -0.777. The first kappa shape index (κ1) is 23.4. The van der Waals surface area contributed by atoms with Gasteiger partial charge in [0, 0.05) is 0 Å². The molecule has 2 aromatic carbocycles. The summed E-state index contributed by atoms with van der Waals surface area (Å²) >= 11 is 1.22. The lowest BCUT2D eigenvalue weighted by molar-refractivity contribution is -0.139. The summed E-state index contributed by atoms with van der Waals surface area (Å²) in [6.45, 7) is 7.62. The number of allylic oxidation sites excluding steroid dienone is 1. The van der Waals surface area contributed by atoms with Gasteiger partial charge < -0.3 is 9.47 Å². The largest absolute Gasteiger partial charge is 0.490 e. The van der Waals surface area contributed by atoms with E-state index in [2.05, 4.69) is 11.6 Å². The van der Waals surface area contributed by atoms with Crippen LogP contribution in [-0.2, 0) is 9.53 Å². The molecule has 0 N–H and O–H groups in total. The number of halogens is 1. The quantitative estimate of drug-likeness (QED) is 0.385. The number of carbonyl (C=O) groups is 1. The number of thiazole rings is 1. The summed E-state index contributed by atoms with van der Waals surface area (Å²) in [7, 11) is 0. The zero-order chi connectivity index (χ0) is 24.2. The molecule has 4 rings (SSSR count). The van der Waals surface area contributed by atoms with Gasteiger partial charge in [-0.2, -0.15) is 0 Å². The van der Waals surface area contributed by atoms with Crippen LogP contribution in [0.4, 0.5) is 4.39 Å². The Morgan fingerprint density at radius 3 is 2.74 bits per heavy atom. The molecule has 0 fully saturated rings. The number of hydrogen-bond donors (Lipinski definition) is 0. The van der Waals surface area contributed by atoms with Crippen LogP contribution in [0.3, 0.4) is 0 Å². The first-order valence-corrected chi connectivity index (χ1v) is 11.5. The van der Waals surface area contributed by atoms with Crippen molar-refractivity contribution in [1.29, 1.82) is 0 Å². The van der Waals surface area contributed by atoms with E-state index < -0.39 is 17.8 Å². The summed E-state index contributed by atoms with van der Waals surface area (Å²) in [6, 6.07) is 12.3. The van der Waals surface area contributed by atoms with Crippen molar-refractivity contribution in [2.45, 2.75) is 19.9 Å². The monoisotopic (exact) mass is 478 g/mol. The number of ether oxygens (including phenoxy) is 2. The van der Waals surface area contributed by atoms with Gasteiger partial charge in [-0.05, 0) is 55.3 Å². The maximum atomic E-state index is 13.6. The van der Waals surface area contributed by atoms with Gasteiger partial charge >= 0.3 is 5.97 Å². The summed E-state index contributed by atoms with van der Waals surface area (Å²) in [5.74, 6) is -0.307. The van der Waals surface area contributed by atoms with Gasteiger partial charge in [0.15, 0.2) is 4.80 Å². The molecule has 2 heterocycles. The molecular formula is C26H23FN2O4S. The third-order valence-corrected chi connectivity index (χ3v) is 6.21. The lowest BCUT2D eigenvalue weighted by Crippen LogP contribution is -2.39. The molecule has 0 saturated heterocycles. The second-order valence-corrected chi connectivity index (χ2v) is 8.54. The number of rotatable bonds is 7. The van der Waals surface area contributed by atoms with Crippen LogP contribution in [0.5, 0.6) is 5.75 Å². The molecule has 1 atom stereocenters. The van der Waals surface area contributed by atoms with Gasteiger partial charge in [-0.15, -0.1) is 0 Å². The molecule has 1 aromatic heterocycles. The van der Waals surface area contributed by atoms with E-state index in [4.69, 9.17) is 9.47 Å². The van der Waals surface area contributed by atoms with E-state index in [1.165, 1.54) is 28.0 Å². The molecule has 0 spiro atoms. The van der Waals surface area contributed by atoms with Gasteiger partial charge in [0.05, 0.1) is 28.5 Å². The van der Waals surface area contributed by atoms with Crippen molar-refractivity contribution < 1.29 is 18.7 Å². The van der Waals surface area contributed by atoms with Gasteiger partial charge in [0.1, 0.15) is 18.2 Å². The Bertz CT molecular complexity index is 1450. The van der Waals surface area contributed by atoms with Crippen LogP contribution >= 0.6 is 11.3 Å². The zero-order valence-electron chi connectivity index (χ0n) is 18.8. The molecule has 6 nitrogen and oxygen atoms in total. The van der Waals surface area contributed by atoms with Crippen LogP contribution in [0, 0.1) is 5.82 Å². The Balaban J connectivity index is 1.88. The molecular weight excluding hydrogens is 455 g/mol. The molecule has 0 saturated carbocycles. The van der Waals surface area contributed by atoms with Crippen molar-refractivity contribution in [3.05, 3.63) is 109 Å². The van der Waals surface area contributed by atoms with Crippen LogP contribution in [0.15, 0.2) is 82.2 Å². The summed E-state index contributed by atoms with van der Waals surface area (Å²) in [4.78, 5) is 31.4. The average Bonchev–Trinajstić information content (AvgIpc) is 3.12. The maximum absolute atomic E-state index is 13.6. The Labute approximate surface area is 199 Å². The highest BCUT2D eigenvalue weighted by atomic mass is 32.1. The second-order valence-electron chi connectivity index (χ2n) is 7.53. The maximum Gasteiger partial charge on any atom is 0.338 e. The molecule has 174 valence electrons. The van der Waals surface area contributed by atoms with Crippen LogP contribution in [0.2, 0.25) is 0 Å². The van der Waals surface area contributed by atoms with Crippen LogP contribution < -0.4 is 19.6 Å².